The maximum absolute atomic E-state index is 13.5. The highest BCUT2D eigenvalue weighted by Gasteiger charge is 2.40. The van der Waals surface area contributed by atoms with Gasteiger partial charge in [-0.1, -0.05) is 30.3 Å². The van der Waals surface area contributed by atoms with Crippen molar-refractivity contribution in [1.82, 2.24) is 10.2 Å². The largest absolute Gasteiger partial charge is 0.349 e. The van der Waals surface area contributed by atoms with Gasteiger partial charge in [-0.3, -0.25) is 14.4 Å². The SMILES string of the molecule is Cc1cccc(-c2ccc3c(c2)C(=O)N2CCC(NC(=O)c4cccc(F)c4)CC2C(=O)N3)c1C. The third-order valence-electron chi connectivity index (χ3n) is 7.01. The molecule has 5 rings (SSSR count). The molecule has 0 spiro atoms. The zero-order valence-electron chi connectivity index (χ0n) is 19.6. The Labute approximate surface area is 203 Å². The molecule has 0 radical (unpaired) electrons. The molecule has 7 heteroatoms. The van der Waals surface area contributed by atoms with Crippen LogP contribution in [0.15, 0.2) is 60.7 Å². The highest BCUT2D eigenvalue weighted by atomic mass is 19.1. The summed E-state index contributed by atoms with van der Waals surface area (Å²) in [6, 6.07) is 16.1. The molecule has 0 bridgehead atoms. The molecule has 2 aliphatic heterocycles. The fourth-order valence-corrected chi connectivity index (χ4v) is 4.92. The lowest BCUT2D eigenvalue weighted by atomic mass is 9.94. The van der Waals surface area contributed by atoms with E-state index in [9.17, 15) is 18.8 Å². The fourth-order valence-electron chi connectivity index (χ4n) is 4.92. The van der Waals surface area contributed by atoms with Crippen molar-refractivity contribution in [3.05, 3.63) is 88.7 Å². The summed E-state index contributed by atoms with van der Waals surface area (Å²) in [5.41, 5.74) is 5.45. The van der Waals surface area contributed by atoms with Crippen LogP contribution in [0.25, 0.3) is 11.1 Å². The predicted molar refractivity (Wildman–Crippen MR) is 132 cm³/mol. The van der Waals surface area contributed by atoms with Gasteiger partial charge in [-0.2, -0.15) is 0 Å². The molecule has 0 aliphatic carbocycles. The Morgan fingerprint density at radius 3 is 2.63 bits per heavy atom. The summed E-state index contributed by atoms with van der Waals surface area (Å²) in [5, 5.41) is 5.80. The first kappa shape index (κ1) is 22.8. The number of benzene rings is 3. The van der Waals surface area contributed by atoms with Crippen LogP contribution in [-0.2, 0) is 4.79 Å². The normalized spacial score (nSPS) is 19.3. The van der Waals surface area contributed by atoms with E-state index in [4.69, 9.17) is 0 Å². The molecule has 2 aliphatic rings. The summed E-state index contributed by atoms with van der Waals surface area (Å²) >= 11 is 0. The quantitative estimate of drug-likeness (QED) is 0.592. The monoisotopic (exact) mass is 471 g/mol. The van der Waals surface area contributed by atoms with Crippen LogP contribution in [0, 0.1) is 19.7 Å². The number of amides is 3. The smallest absolute Gasteiger partial charge is 0.256 e. The third kappa shape index (κ3) is 4.30. The van der Waals surface area contributed by atoms with Gasteiger partial charge in [0.05, 0.1) is 11.3 Å². The van der Waals surface area contributed by atoms with Crippen LogP contribution in [-0.4, -0.2) is 41.2 Å². The Kier molecular flexibility index (Phi) is 5.84. The molecule has 2 heterocycles. The molecule has 2 unspecified atom stereocenters. The summed E-state index contributed by atoms with van der Waals surface area (Å²) in [5.74, 6) is -1.37. The molecule has 2 atom stereocenters. The number of piperidine rings is 1. The molecule has 6 nitrogen and oxygen atoms in total. The first-order valence-electron chi connectivity index (χ1n) is 11.7. The molecule has 35 heavy (non-hydrogen) atoms. The molecule has 0 aromatic heterocycles. The average molecular weight is 472 g/mol. The highest BCUT2D eigenvalue weighted by Crippen LogP contribution is 2.33. The van der Waals surface area contributed by atoms with E-state index in [0.717, 1.165) is 16.7 Å². The van der Waals surface area contributed by atoms with Gasteiger partial charge >= 0.3 is 0 Å². The number of hydrogen-bond acceptors (Lipinski definition) is 3. The number of carbonyl (C=O) groups is 3. The second kappa shape index (κ2) is 8.98. The van der Waals surface area contributed by atoms with Gasteiger partial charge in [0.15, 0.2) is 0 Å². The first-order valence-corrected chi connectivity index (χ1v) is 11.7. The lowest BCUT2D eigenvalue weighted by Crippen LogP contribution is -2.55. The molecule has 0 saturated carbocycles. The molecule has 3 aromatic rings. The van der Waals surface area contributed by atoms with Gasteiger partial charge in [-0.25, -0.2) is 4.39 Å². The molecule has 1 fully saturated rings. The number of carbonyl (C=O) groups excluding carboxylic acids is 3. The van der Waals surface area contributed by atoms with Gasteiger partial charge in [0.2, 0.25) is 5.91 Å². The summed E-state index contributed by atoms with van der Waals surface area (Å²) < 4.78 is 13.5. The van der Waals surface area contributed by atoms with E-state index in [0.29, 0.717) is 24.2 Å². The van der Waals surface area contributed by atoms with Crippen LogP contribution in [0.5, 0.6) is 0 Å². The van der Waals surface area contributed by atoms with Crippen molar-refractivity contribution in [3.63, 3.8) is 0 Å². The maximum Gasteiger partial charge on any atom is 0.256 e. The van der Waals surface area contributed by atoms with Gasteiger partial charge in [0, 0.05) is 18.2 Å². The van der Waals surface area contributed by atoms with Gasteiger partial charge in [0.1, 0.15) is 11.9 Å². The van der Waals surface area contributed by atoms with Crippen LogP contribution in [0.2, 0.25) is 0 Å². The standard InChI is InChI=1S/C28H26FN3O3/c1-16-5-3-8-22(17(16)2)18-9-10-24-23(14-18)28(35)32-12-11-21(15-25(32)27(34)31-24)30-26(33)19-6-4-7-20(29)13-19/h3-10,13-14,21,25H,11-12,15H2,1-2H3,(H,30,33)(H,31,34). The van der Waals surface area contributed by atoms with E-state index in [-0.39, 0.29) is 29.8 Å². The lowest BCUT2D eigenvalue weighted by Gasteiger charge is -2.37. The summed E-state index contributed by atoms with van der Waals surface area (Å²) in [6.45, 7) is 4.44. The number of hydrogen-bond donors (Lipinski definition) is 2. The van der Waals surface area contributed by atoms with Crippen molar-refractivity contribution < 1.29 is 18.8 Å². The topological polar surface area (TPSA) is 78.5 Å². The van der Waals surface area contributed by atoms with Crippen LogP contribution < -0.4 is 10.6 Å². The number of anilines is 1. The Morgan fingerprint density at radius 1 is 1.03 bits per heavy atom. The van der Waals surface area contributed by atoms with E-state index in [1.807, 2.05) is 24.3 Å². The minimum absolute atomic E-state index is 0.203. The zero-order valence-corrected chi connectivity index (χ0v) is 19.6. The van der Waals surface area contributed by atoms with Crippen LogP contribution in [0.4, 0.5) is 10.1 Å². The Bertz CT molecular complexity index is 1350. The average Bonchev–Trinajstić information content (AvgIpc) is 2.95. The van der Waals surface area contributed by atoms with E-state index < -0.39 is 17.8 Å². The van der Waals surface area contributed by atoms with Gasteiger partial charge < -0.3 is 15.5 Å². The molecular formula is C28H26FN3O3. The van der Waals surface area contributed by atoms with E-state index in [1.54, 1.807) is 17.0 Å². The van der Waals surface area contributed by atoms with E-state index in [2.05, 4.69) is 30.5 Å². The highest BCUT2D eigenvalue weighted by molar-refractivity contribution is 6.10. The molecular weight excluding hydrogens is 445 g/mol. The Hall–Kier alpha value is -4.00. The Morgan fingerprint density at radius 2 is 1.83 bits per heavy atom. The molecule has 3 amide bonds. The first-order chi connectivity index (χ1) is 16.8. The molecule has 3 aromatic carbocycles. The number of aryl methyl sites for hydroxylation is 1. The van der Waals surface area contributed by atoms with Crippen molar-refractivity contribution in [2.45, 2.75) is 38.8 Å². The fraction of sp³-hybridized carbons (Fsp3) is 0.250. The third-order valence-corrected chi connectivity index (χ3v) is 7.01. The Balaban J connectivity index is 1.38. The van der Waals surface area contributed by atoms with Gasteiger partial charge in [0.25, 0.3) is 11.8 Å². The van der Waals surface area contributed by atoms with Crippen molar-refractivity contribution in [2.75, 3.05) is 11.9 Å². The van der Waals surface area contributed by atoms with E-state index in [1.165, 1.54) is 23.8 Å². The van der Waals surface area contributed by atoms with E-state index >= 15 is 0 Å². The second-order valence-corrected chi connectivity index (χ2v) is 9.22. The summed E-state index contributed by atoms with van der Waals surface area (Å²) in [4.78, 5) is 40.8. The van der Waals surface area contributed by atoms with Crippen molar-refractivity contribution in [2.24, 2.45) is 0 Å². The second-order valence-electron chi connectivity index (χ2n) is 9.22. The lowest BCUT2D eigenvalue weighted by molar-refractivity contribution is -0.121. The zero-order chi connectivity index (χ0) is 24.7. The van der Waals surface area contributed by atoms with Crippen LogP contribution >= 0.6 is 0 Å². The maximum atomic E-state index is 13.5. The van der Waals surface area contributed by atoms with Crippen molar-refractivity contribution in [1.29, 1.82) is 0 Å². The van der Waals surface area contributed by atoms with Gasteiger partial charge in [-0.05, 0) is 79.3 Å². The number of nitrogens with zero attached hydrogens (tertiary/aromatic N) is 1. The van der Waals surface area contributed by atoms with Crippen LogP contribution in [0.3, 0.4) is 0 Å². The van der Waals surface area contributed by atoms with Crippen molar-refractivity contribution in [3.8, 4) is 11.1 Å². The molecule has 2 N–H and O–H groups in total. The van der Waals surface area contributed by atoms with Gasteiger partial charge in [-0.15, -0.1) is 0 Å². The number of rotatable bonds is 3. The molecule has 178 valence electrons. The van der Waals surface area contributed by atoms with Crippen molar-refractivity contribution >= 4 is 23.4 Å². The number of fused-ring (bicyclic) bond motifs is 2. The minimum Gasteiger partial charge on any atom is -0.349 e. The molecule has 1 saturated heterocycles. The summed E-state index contributed by atoms with van der Waals surface area (Å²) in [6.07, 6.45) is 0.791. The predicted octanol–water partition coefficient (Wildman–Crippen LogP) is 4.46. The number of halogens is 1. The summed E-state index contributed by atoms with van der Waals surface area (Å²) in [7, 11) is 0. The number of nitrogens with one attached hydrogen (secondary N) is 2. The van der Waals surface area contributed by atoms with Crippen LogP contribution in [0.1, 0.15) is 44.7 Å². The minimum atomic E-state index is -0.703.